The van der Waals surface area contributed by atoms with Gasteiger partial charge in [-0.15, -0.1) is 0 Å². The molecule has 0 saturated carbocycles. The van der Waals surface area contributed by atoms with Gasteiger partial charge in [0.25, 0.3) is 0 Å². The van der Waals surface area contributed by atoms with Gasteiger partial charge in [-0.05, 0) is 25.6 Å². The molecule has 0 radical (unpaired) electrons. The summed E-state index contributed by atoms with van der Waals surface area (Å²) in [6, 6.07) is 8.74. The van der Waals surface area contributed by atoms with Crippen LogP contribution < -0.4 is 5.23 Å². The number of aryl methyl sites for hydroxylation is 1. The molecule has 1 rings (SSSR count). The summed E-state index contributed by atoms with van der Waals surface area (Å²) < 4.78 is 0. The lowest BCUT2D eigenvalue weighted by molar-refractivity contribution is 0.453. The largest absolute Gasteiger partial charge is 0.361 e. The molecule has 1 aromatic rings. The van der Waals surface area contributed by atoms with Crippen molar-refractivity contribution in [2.75, 3.05) is 13.1 Å². The van der Waals surface area contributed by atoms with Crippen LogP contribution >= 0.6 is 0 Å². The summed E-state index contributed by atoms with van der Waals surface area (Å²) in [4.78, 5) is 2.32. The Balaban J connectivity index is 2.39. The van der Waals surface area contributed by atoms with Gasteiger partial charge in [0.2, 0.25) is 0 Å². The summed E-state index contributed by atoms with van der Waals surface area (Å²) >= 11 is 0. The summed E-state index contributed by atoms with van der Waals surface area (Å²) in [6.07, 6.45) is 0. The Morgan fingerprint density at radius 3 is 2.50 bits per heavy atom. The lowest BCUT2D eigenvalue weighted by Gasteiger charge is -2.16. The molecule has 0 spiro atoms. The average Bonchev–Trinajstić information content (AvgIpc) is 2.18. The first-order chi connectivity index (χ1) is 6.72. The number of hydrogen-bond acceptors (Lipinski definition) is 2. The van der Waals surface area contributed by atoms with E-state index in [1.807, 2.05) is 7.98 Å². The molecule has 2 nitrogen and oxygen atoms in total. The maximum atomic E-state index is 3.15. The van der Waals surface area contributed by atoms with Crippen LogP contribution in [0.2, 0.25) is 0 Å². The van der Waals surface area contributed by atoms with Gasteiger partial charge in [-0.1, -0.05) is 29.8 Å². The normalized spacial score (nSPS) is 10.7. The van der Waals surface area contributed by atoms with Crippen molar-refractivity contribution in [1.82, 2.24) is 10.0 Å². The van der Waals surface area contributed by atoms with Crippen molar-refractivity contribution < 1.29 is 0 Å². The molecule has 4 heteroatoms. The van der Waals surface area contributed by atoms with Gasteiger partial charge in [0.15, 0.2) is 16.0 Å². The van der Waals surface area contributed by atoms with Gasteiger partial charge in [-0.2, -0.15) is 0 Å². The Kier molecular flexibility index (Phi) is 4.77. The van der Waals surface area contributed by atoms with E-state index in [1.54, 1.807) is 0 Å². The van der Waals surface area contributed by atoms with Crippen LogP contribution in [0.15, 0.2) is 24.3 Å². The first kappa shape index (κ1) is 11.3. The van der Waals surface area contributed by atoms with E-state index >= 15 is 0 Å². The lowest BCUT2D eigenvalue weighted by atomic mass is 10.1. The van der Waals surface area contributed by atoms with E-state index in [0.717, 1.165) is 19.6 Å². The van der Waals surface area contributed by atoms with Crippen LogP contribution in [0.4, 0.5) is 0 Å². The van der Waals surface area contributed by atoms with Gasteiger partial charge in [0.1, 0.15) is 0 Å². The SMILES string of the molecule is BNCCN(B)Cc1ccc(C)cc1. The molecule has 1 N–H and O–H groups in total. The molecule has 0 unspecified atom stereocenters. The van der Waals surface area contributed by atoms with Crippen LogP contribution in [0, 0.1) is 6.92 Å². The Hall–Kier alpha value is -0.730. The van der Waals surface area contributed by atoms with Crippen LogP contribution in [0.5, 0.6) is 0 Å². The molecule has 0 saturated heterocycles. The molecule has 0 aliphatic rings. The minimum absolute atomic E-state index is 1.03. The van der Waals surface area contributed by atoms with Crippen molar-refractivity contribution in [2.24, 2.45) is 0 Å². The third-order valence-electron chi connectivity index (χ3n) is 2.32. The van der Waals surface area contributed by atoms with Crippen LogP contribution in [-0.4, -0.2) is 33.9 Å². The molecule has 0 fully saturated rings. The molecule has 0 bridgehead atoms. The van der Waals surface area contributed by atoms with E-state index in [1.165, 1.54) is 11.1 Å². The number of benzene rings is 1. The number of nitrogens with one attached hydrogen (secondary N) is 1. The standard InChI is InChI=1S/C10H18B2N2/c1-9-2-4-10(5-3-9)8-14(12)7-6-13-11/h2-5,13H,6-8,11-12H2,1H3. The van der Waals surface area contributed by atoms with E-state index < -0.39 is 0 Å². The van der Waals surface area contributed by atoms with Crippen LogP contribution in [0.3, 0.4) is 0 Å². The summed E-state index contributed by atoms with van der Waals surface area (Å²) in [5.41, 5.74) is 2.71. The molecule has 0 heterocycles. The molecule has 0 amide bonds. The minimum Gasteiger partial charge on any atom is -0.361 e. The quantitative estimate of drug-likeness (QED) is 0.625. The second-order valence-electron chi connectivity index (χ2n) is 3.83. The zero-order valence-electron chi connectivity index (χ0n) is 9.38. The van der Waals surface area contributed by atoms with Gasteiger partial charge in [-0.25, -0.2) is 0 Å². The van der Waals surface area contributed by atoms with Gasteiger partial charge >= 0.3 is 0 Å². The van der Waals surface area contributed by atoms with Crippen molar-refractivity contribution >= 4 is 16.0 Å². The van der Waals surface area contributed by atoms with Crippen molar-refractivity contribution in [3.05, 3.63) is 35.4 Å². The predicted molar refractivity (Wildman–Crippen MR) is 66.7 cm³/mol. The molecule has 0 aliphatic carbocycles. The van der Waals surface area contributed by atoms with Gasteiger partial charge in [0.05, 0.1) is 0 Å². The maximum Gasteiger partial charge on any atom is 0.185 e. The Labute approximate surface area is 88.5 Å². The molecule has 14 heavy (non-hydrogen) atoms. The van der Waals surface area contributed by atoms with Crippen molar-refractivity contribution in [3.63, 3.8) is 0 Å². The Morgan fingerprint density at radius 2 is 1.93 bits per heavy atom. The molecule has 0 aromatic heterocycles. The van der Waals surface area contributed by atoms with E-state index in [9.17, 15) is 0 Å². The highest BCUT2D eigenvalue weighted by Crippen LogP contribution is 2.04. The van der Waals surface area contributed by atoms with E-state index in [4.69, 9.17) is 0 Å². The van der Waals surface area contributed by atoms with Gasteiger partial charge in [0, 0.05) is 6.54 Å². The molecule has 74 valence electrons. The highest BCUT2D eigenvalue weighted by atomic mass is 15.0. The zero-order chi connectivity index (χ0) is 10.4. The molecule has 1 aromatic carbocycles. The number of hydrogen-bond donors (Lipinski definition) is 1. The first-order valence-electron chi connectivity index (χ1n) is 5.11. The second-order valence-corrected chi connectivity index (χ2v) is 3.83. The smallest absolute Gasteiger partial charge is 0.185 e. The maximum absolute atomic E-state index is 3.15. The van der Waals surface area contributed by atoms with Crippen LogP contribution in [0.25, 0.3) is 0 Å². The average molecular weight is 188 g/mol. The van der Waals surface area contributed by atoms with Crippen molar-refractivity contribution in [3.8, 4) is 0 Å². The van der Waals surface area contributed by atoms with Crippen molar-refractivity contribution in [2.45, 2.75) is 13.5 Å². The van der Waals surface area contributed by atoms with Gasteiger partial charge < -0.3 is 10.0 Å². The highest BCUT2D eigenvalue weighted by Gasteiger charge is 1.98. The summed E-state index contributed by atoms with van der Waals surface area (Å²) in [5, 5.41) is 3.15. The zero-order valence-corrected chi connectivity index (χ0v) is 9.38. The lowest BCUT2D eigenvalue weighted by Crippen LogP contribution is -2.28. The number of rotatable bonds is 5. The molecule has 0 atom stereocenters. The van der Waals surface area contributed by atoms with Crippen LogP contribution in [0.1, 0.15) is 11.1 Å². The monoisotopic (exact) mass is 188 g/mol. The highest BCUT2D eigenvalue weighted by molar-refractivity contribution is 6.05. The predicted octanol–water partition coefficient (Wildman–Crippen LogP) is -0.517. The Morgan fingerprint density at radius 1 is 1.29 bits per heavy atom. The van der Waals surface area contributed by atoms with Gasteiger partial charge in [-0.3, -0.25) is 0 Å². The van der Waals surface area contributed by atoms with Crippen molar-refractivity contribution in [1.29, 1.82) is 0 Å². The topological polar surface area (TPSA) is 15.3 Å². The van der Waals surface area contributed by atoms with Crippen LogP contribution in [-0.2, 0) is 6.54 Å². The second kappa shape index (κ2) is 5.89. The summed E-state index contributed by atoms with van der Waals surface area (Å²) in [6.45, 7) is 5.28. The first-order valence-corrected chi connectivity index (χ1v) is 5.11. The fourth-order valence-electron chi connectivity index (χ4n) is 1.39. The fourth-order valence-corrected chi connectivity index (χ4v) is 1.39. The minimum atomic E-state index is 1.03. The third-order valence-corrected chi connectivity index (χ3v) is 2.32. The third kappa shape index (κ3) is 3.99. The van der Waals surface area contributed by atoms with E-state index in [-0.39, 0.29) is 0 Å². The van der Waals surface area contributed by atoms with E-state index in [0.29, 0.717) is 0 Å². The molecular formula is C10H18B2N2. The Bertz CT molecular complexity index is 261. The molecule has 0 aliphatic heterocycles. The van der Waals surface area contributed by atoms with E-state index in [2.05, 4.69) is 49.2 Å². The number of nitrogens with zero attached hydrogens (tertiary/aromatic N) is 1. The summed E-state index contributed by atoms with van der Waals surface area (Å²) in [7, 11) is 4.14. The molecular weight excluding hydrogens is 170 g/mol. The fraction of sp³-hybridized carbons (Fsp3) is 0.400. The summed E-state index contributed by atoms with van der Waals surface area (Å²) in [5.74, 6) is 0.